The maximum atomic E-state index is 14.1. The smallest absolute Gasteiger partial charge is 0.277 e. The van der Waals surface area contributed by atoms with Crippen molar-refractivity contribution in [1.29, 1.82) is 5.26 Å². The molecule has 7 heteroatoms. The Hall–Kier alpha value is -3.79. The highest BCUT2D eigenvalue weighted by atomic mass is 19.1. The SMILES string of the molecule is N#Cc1c(-c2ccccc2[N+](=O)[O-])cc(-c2ccccc2F)nc1N. The number of nitriles is 1. The second kappa shape index (κ2) is 6.37. The molecule has 0 bridgehead atoms. The van der Waals surface area contributed by atoms with Gasteiger partial charge in [0.15, 0.2) is 0 Å². The zero-order chi connectivity index (χ0) is 18.0. The highest BCUT2D eigenvalue weighted by Crippen LogP contribution is 2.36. The standard InChI is InChI=1S/C18H11FN4O2/c19-15-7-3-1-6-12(15)16-9-13(14(10-20)18(21)22-16)11-5-2-4-8-17(11)23(24)25/h1-9H,(H2,21,22). The van der Waals surface area contributed by atoms with Crippen LogP contribution in [0.5, 0.6) is 0 Å². The summed E-state index contributed by atoms with van der Waals surface area (Å²) >= 11 is 0. The van der Waals surface area contributed by atoms with Gasteiger partial charge in [0.1, 0.15) is 23.3 Å². The monoisotopic (exact) mass is 334 g/mol. The summed E-state index contributed by atoms with van der Waals surface area (Å²) in [5.41, 5.74) is 6.53. The van der Waals surface area contributed by atoms with Crippen LogP contribution < -0.4 is 5.73 Å². The molecule has 0 radical (unpaired) electrons. The topological polar surface area (TPSA) is 106 Å². The number of hydrogen-bond donors (Lipinski definition) is 1. The van der Waals surface area contributed by atoms with Gasteiger partial charge < -0.3 is 5.73 Å². The van der Waals surface area contributed by atoms with Gasteiger partial charge in [0.05, 0.1) is 16.2 Å². The van der Waals surface area contributed by atoms with Gasteiger partial charge in [-0.15, -0.1) is 0 Å². The zero-order valence-corrected chi connectivity index (χ0v) is 12.8. The summed E-state index contributed by atoms with van der Waals surface area (Å²) in [5.74, 6) is -0.621. The molecule has 0 spiro atoms. The third-order valence-electron chi connectivity index (χ3n) is 3.70. The molecule has 0 aliphatic rings. The molecular weight excluding hydrogens is 323 g/mol. The number of hydrogen-bond acceptors (Lipinski definition) is 5. The van der Waals surface area contributed by atoms with Gasteiger partial charge in [0.25, 0.3) is 5.69 Å². The Morgan fingerprint density at radius 2 is 1.72 bits per heavy atom. The van der Waals surface area contributed by atoms with Gasteiger partial charge in [0.2, 0.25) is 0 Å². The van der Waals surface area contributed by atoms with Crippen molar-refractivity contribution in [2.75, 3.05) is 5.73 Å². The summed E-state index contributed by atoms with van der Waals surface area (Å²) < 4.78 is 14.1. The van der Waals surface area contributed by atoms with Crippen LogP contribution in [0.3, 0.4) is 0 Å². The van der Waals surface area contributed by atoms with Crippen LogP contribution in [0.15, 0.2) is 54.6 Å². The maximum Gasteiger partial charge on any atom is 0.277 e. The Bertz CT molecular complexity index is 1030. The molecule has 0 amide bonds. The Labute approximate surface area is 142 Å². The predicted molar refractivity (Wildman–Crippen MR) is 90.8 cm³/mol. The number of halogens is 1. The second-order valence-corrected chi connectivity index (χ2v) is 5.18. The summed E-state index contributed by atoms with van der Waals surface area (Å²) in [6.07, 6.45) is 0. The zero-order valence-electron chi connectivity index (χ0n) is 12.8. The van der Waals surface area contributed by atoms with E-state index in [1.807, 2.05) is 6.07 Å². The van der Waals surface area contributed by atoms with Crippen molar-refractivity contribution in [2.24, 2.45) is 0 Å². The van der Waals surface area contributed by atoms with Crippen molar-refractivity contribution < 1.29 is 9.31 Å². The van der Waals surface area contributed by atoms with E-state index < -0.39 is 10.7 Å². The van der Waals surface area contributed by atoms with Crippen LogP contribution in [0.25, 0.3) is 22.4 Å². The van der Waals surface area contributed by atoms with E-state index >= 15 is 0 Å². The van der Waals surface area contributed by atoms with Crippen LogP contribution in [0, 0.1) is 27.3 Å². The van der Waals surface area contributed by atoms with Gasteiger partial charge in [0, 0.05) is 17.2 Å². The van der Waals surface area contributed by atoms with E-state index in [2.05, 4.69) is 4.98 Å². The average molecular weight is 334 g/mol. The van der Waals surface area contributed by atoms with E-state index in [1.165, 1.54) is 42.5 Å². The fraction of sp³-hybridized carbons (Fsp3) is 0. The van der Waals surface area contributed by atoms with E-state index in [0.29, 0.717) is 0 Å². The largest absolute Gasteiger partial charge is 0.383 e. The van der Waals surface area contributed by atoms with Gasteiger partial charge in [-0.25, -0.2) is 9.37 Å². The lowest BCUT2D eigenvalue weighted by molar-refractivity contribution is -0.384. The van der Waals surface area contributed by atoms with E-state index in [0.717, 1.165) is 0 Å². The van der Waals surface area contributed by atoms with Gasteiger partial charge in [-0.05, 0) is 24.3 Å². The van der Waals surface area contributed by atoms with Gasteiger partial charge in [-0.3, -0.25) is 10.1 Å². The summed E-state index contributed by atoms with van der Waals surface area (Å²) in [6.45, 7) is 0. The molecular formula is C18H11FN4O2. The van der Waals surface area contributed by atoms with Crippen molar-refractivity contribution >= 4 is 11.5 Å². The van der Waals surface area contributed by atoms with Gasteiger partial charge in [-0.2, -0.15) is 5.26 Å². The van der Waals surface area contributed by atoms with Crippen molar-refractivity contribution in [3.8, 4) is 28.5 Å². The number of nitrogen functional groups attached to an aromatic ring is 1. The van der Waals surface area contributed by atoms with Gasteiger partial charge in [-0.1, -0.05) is 24.3 Å². The third kappa shape index (κ3) is 2.88. The Kier molecular flexibility index (Phi) is 4.10. The minimum atomic E-state index is -0.546. The minimum absolute atomic E-state index is 0.00869. The van der Waals surface area contributed by atoms with E-state index in [4.69, 9.17) is 5.73 Å². The first-order chi connectivity index (χ1) is 12.0. The van der Waals surface area contributed by atoms with Crippen LogP contribution in [0.2, 0.25) is 0 Å². The lowest BCUT2D eigenvalue weighted by atomic mass is 9.97. The number of nitrogens with zero attached hydrogens (tertiary/aromatic N) is 3. The van der Waals surface area contributed by atoms with Crippen LogP contribution in [0.4, 0.5) is 15.9 Å². The molecule has 0 fully saturated rings. The Balaban J connectivity index is 2.33. The predicted octanol–water partition coefficient (Wildman–Crippen LogP) is 3.92. The van der Waals surface area contributed by atoms with Crippen molar-refractivity contribution in [3.05, 3.63) is 76.1 Å². The van der Waals surface area contributed by atoms with Gasteiger partial charge >= 0.3 is 0 Å². The number of nitrogens with two attached hydrogens (primary N) is 1. The van der Waals surface area contributed by atoms with Crippen molar-refractivity contribution in [3.63, 3.8) is 0 Å². The second-order valence-electron chi connectivity index (χ2n) is 5.18. The number of aromatic nitrogens is 1. The summed E-state index contributed by atoms with van der Waals surface area (Å²) in [5, 5.41) is 20.7. The number of benzene rings is 2. The van der Waals surface area contributed by atoms with Crippen LogP contribution in [0.1, 0.15) is 5.56 Å². The van der Waals surface area contributed by atoms with E-state index in [1.54, 1.807) is 12.1 Å². The first kappa shape index (κ1) is 16.1. The number of rotatable bonds is 3. The molecule has 0 saturated heterocycles. The number of nitro benzene ring substituents is 1. The molecule has 0 unspecified atom stereocenters. The van der Waals surface area contributed by atoms with E-state index in [-0.39, 0.29) is 39.5 Å². The summed E-state index contributed by atoms with van der Waals surface area (Å²) in [4.78, 5) is 14.8. The van der Waals surface area contributed by atoms with Crippen LogP contribution in [-0.4, -0.2) is 9.91 Å². The fourth-order valence-corrected chi connectivity index (χ4v) is 2.56. The summed E-state index contributed by atoms with van der Waals surface area (Å²) in [6, 6.07) is 15.3. The normalized spacial score (nSPS) is 10.2. The first-order valence-electron chi connectivity index (χ1n) is 7.22. The molecule has 6 nitrogen and oxygen atoms in total. The van der Waals surface area contributed by atoms with Crippen molar-refractivity contribution in [1.82, 2.24) is 4.98 Å². The molecule has 3 aromatic rings. The Morgan fingerprint density at radius 3 is 2.36 bits per heavy atom. The molecule has 0 aliphatic carbocycles. The summed E-state index contributed by atoms with van der Waals surface area (Å²) in [7, 11) is 0. The molecule has 2 N–H and O–H groups in total. The van der Waals surface area contributed by atoms with Crippen molar-refractivity contribution in [2.45, 2.75) is 0 Å². The third-order valence-corrected chi connectivity index (χ3v) is 3.70. The highest BCUT2D eigenvalue weighted by Gasteiger charge is 2.21. The molecule has 25 heavy (non-hydrogen) atoms. The molecule has 0 aliphatic heterocycles. The molecule has 122 valence electrons. The number of pyridine rings is 1. The maximum absolute atomic E-state index is 14.1. The van der Waals surface area contributed by atoms with Crippen LogP contribution >= 0.6 is 0 Å². The lowest BCUT2D eigenvalue weighted by Crippen LogP contribution is -2.01. The molecule has 1 heterocycles. The fourth-order valence-electron chi connectivity index (χ4n) is 2.56. The van der Waals surface area contributed by atoms with E-state index in [9.17, 15) is 19.8 Å². The molecule has 1 aromatic heterocycles. The Morgan fingerprint density at radius 1 is 1.08 bits per heavy atom. The lowest BCUT2D eigenvalue weighted by Gasteiger charge is -2.11. The minimum Gasteiger partial charge on any atom is -0.383 e. The first-order valence-corrected chi connectivity index (χ1v) is 7.22. The number of anilines is 1. The number of nitro groups is 1. The van der Waals surface area contributed by atoms with Crippen LogP contribution in [-0.2, 0) is 0 Å². The average Bonchev–Trinajstić information content (AvgIpc) is 2.61. The quantitative estimate of drug-likeness (QED) is 0.577. The molecule has 0 atom stereocenters. The molecule has 2 aromatic carbocycles. The molecule has 3 rings (SSSR count). The number of para-hydroxylation sites is 1. The highest BCUT2D eigenvalue weighted by molar-refractivity contribution is 5.84. The molecule has 0 saturated carbocycles.